The number of rotatable bonds is 5. The van der Waals surface area contributed by atoms with Crippen molar-refractivity contribution in [3.63, 3.8) is 0 Å². The number of hydrogen-bond donors (Lipinski definition) is 1. The minimum absolute atomic E-state index is 0.133. The second-order valence-corrected chi connectivity index (χ2v) is 4.53. The first-order valence-corrected chi connectivity index (χ1v) is 6.26. The van der Waals surface area contributed by atoms with Gasteiger partial charge in [0.05, 0.1) is 4.92 Å². The number of nitro groups is 1. The Morgan fingerprint density at radius 1 is 1.24 bits per heavy atom. The largest absolute Gasteiger partial charge is 0.364 e. The summed E-state index contributed by atoms with van der Waals surface area (Å²) < 4.78 is 26.1. The van der Waals surface area contributed by atoms with E-state index >= 15 is 0 Å². The zero-order chi connectivity index (χ0) is 15.4. The maximum atomic E-state index is 13.0. The van der Waals surface area contributed by atoms with Gasteiger partial charge in [-0.05, 0) is 37.1 Å². The van der Waals surface area contributed by atoms with Crippen molar-refractivity contribution in [3.05, 3.63) is 63.3 Å². The quantitative estimate of drug-likeness (QED) is 0.679. The van der Waals surface area contributed by atoms with E-state index in [-0.39, 0.29) is 18.1 Å². The normalized spacial score (nSPS) is 10.4. The molecule has 0 unspecified atom stereocenters. The van der Waals surface area contributed by atoms with Crippen molar-refractivity contribution < 1.29 is 13.7 Å². The summed E-state index contributed by atoms with van der Waals surface area (Å²) in [6.45, 7) is 2.00. The van der Waals surface area contributed by atoms with Gasteiger partial charge in [0.2, 0.25) is 5.82 Å². The smallest absolute Gasteiger partial charge is 0.311 e. The third-order valence-electron chi connectivity index (χ3n) is 2.84. The summed E-state index contributed by atoms with van der Waals surface area (Å²) in [4.78, 5) is 14.4. The van der Waals surface area contributed by atoms with Crippen molar-refractivity contribution in [3.8, 4) is 0 Å². The van der Waals surface area contributed by atoms with E-state index in [1.807, 2.05) is 0 Å². The maximum Gasteiger partial charge on any atom is 0.311 e. The lowest BCUT2D eigenvalue weighted by Gasteiger charge is -2.07. The molecule has 110 valence electrons. The van der Waals surface area contributed by atoms with E-state index in [9.17, 15) is 18.9 Å². The summed E-state index contributed by atoms with van der Waals surface area (Å²) in [6.07, 6.45) is 0.321. The van der Waals surface area contributed by atoms with Gasteiger partial charge in [-0.1, -0.05) is 0 Å². The Kier molecular flexibility index (Phi) is 4.42. The maximum absolute atomic E-state index is 13.0. The molecule has 0 bridgehead atoms. The first kappa shape index (κ1) is 14.8. The highest BCUT2D eigenvalue weighted by Gasteiger charge is 2.14. The van der Waals surface area contributed by atoms with Gasteiger partial charge in [0, 0.05) is 24.4 Å². The number of anilines is 1. The Hall–Kier alpha value is -2.57. The molecule has 0 aliphatic rings. The van der Waals surface area contributed by atoms with Crippen LogP contribution in [0.1, 0.15) is 11.3 Å². The Bertz CT molecular complexity index is 657. The lowest BCUT2D eigenvalue weighted by atomic mass is 10.1. The fraction of sp³-hybridized carbons (Fsp3) is 0.214. The molecule has 2 aromatic rings. The molecule has 5 nitrogen and oxygen atoms in total. The fourth-order valence-corrected chi connectivity index (χ4v) is 1.91. The van der Waals surface area contributed by atoms with Gasteiger partial charge in [0.15, 0.2) is 0 Å². The van der Waals surface area contributed by atoms with Gasteiger partial charge in [-0.3, -0.25) is 10.1 Å². The van der Waals surface area contributed by atoms with Crippen molar-refractivity contribution in [2.45, 2.75) is 13.3 Å². The van der Waals surface area contributed by atoms with E-state index in [2.05, 4.69) is 10.3 Å². The zero-order valence-corrected chi connectivity index (χ0v) is 11.3. The average molecular weight is 293 g/mol. The van der Waals surface area contributed by atoms with Crippen LogP contribution in [-0.2, 0) is 6.42 Å². The number of aromatic nitrogens is 1. The van der Waals surface area contributed by atoms with Gasteiger partial charge in [0.25, 0.3) is 0 Å². The summed E-state index contributed by atoms with van der Waals surface area (Å²) >= 11 is 0. The highest BCUT2D eigenvalue weighted by molar-refractivity contribution is 5.56. The van der Waals surface area contributed by atoms with Crippen LogP contribution in [0.15, 0.2) is 30.3 Å². The van der Waals surface area contributed by atoms with Crippen molar-refractivity contribution >= 4 is 11.5 Å². The fourth-order valence-electron chi connectivity index (χ4n) is 1.91. The van der Waals surface area contributed by atoms with Gasteiger partial charge in [-0.15, -0.1) is 0 Å². The van der Waals surface area contributed by atoms with E-state index in [0.717, 1.165) is 6.07 Å². The Labute approximate surface area is 119 Å². The molecular weight excluding hydrogens is 280 g/mol. The standard InChI is InChI=1S/C14H13F2N3O2/c1-9-2-3-13(19(20)21)14(18-9)17-5-4-10-6-11(15)8-12(16)7-10/h2-3,6-8H,4-5H2,1H3,(H,17,18). The number of nitrogens with zero attached hydrogens (tertiary/aromatic N) is 2. The topological polar surface area (TPSA) is 68.1 Å². The van der Waals surface area contributed by atoms with E-state index in [4.69, 9.17) is 0 Å². The molecule has 1 aromatic carbocycles. The van der Waals surface area contributed by atoms with Gasteiger partial charge < -0.3 is 5.32 Å². The summed E-state index contributed by atoms with van der Waals surface area (Å²) in [5.41, 5.74) is 0.973. The van der Waals surface area contributed by atoms with Crippen molar-refractivity contribution in [1.29, 1.82) is 0 Å². The summed E-state index contributed by atoms with van der Waals surface area (Å²) in [6, 6.07) is 6.16. The van der Waals surface area contributed by atoms with Gasteiger partial charge in [0.1, 0.15) is 11.6 Å². The van der Waals surface area contributed by atoms with Crippen molar-refractivity contribution in [2.75, 3.05) is 11.9 Å². The molecular formula is C14H13F2N3O2. The SMILES string of the molecule is Cc1ccc([N+](=O)[O-])c(NCCc2cc(F)cc(F)c2)n1. The first-order valence-electron chi connectivity index (χ1n) is 6.26. The molecule has 21 heavy (non-hydrogen) atoms. The number of halogens is 2. The van der Waals surface area contributed by atoms with Crippen LogP contribution in [-0.4, -0.2) is 16.5 Å². The molecule has 0 saturated heterocycles. The Morgan fingerprint density at radius 2 is 1.90 bits per heavy atom. The molecule has 7 heteroatoms. The number of nitrogens with one attached hydrogen (secondary N) is 1. The van der Waals surface area contributed by atoms with Crippen LogP contribution < -0.4 is 5.32 Å². The number of aryl methyl sites for hydroxylation is 1. The first-order chi connectivity index (χ1) is 9.95. The molecule has 0 spiro atoms. The van der Waals surface area contributed by atoms with Gasteiger partial charge in [-0.2, -0.15) is 0 Å². The molecule has 0 amide bonds. The summed E-state index contributed by atoms with van der Waals surface area (Å²) in [5.74, 6) is -1.15. The third-order valence-corrected chi connectivity index (χ3v) is 2.84. The Balaban J connectivity index is 2.06. The second-order valence-electron chi connectivity index (χ2n) is 4.53. The predicted octanol–water partition coefficient (Wildman–Crippen LogP) is 3.23. The number of hydrogen-bond acceptors (Lipinski definition) is 4. The van der Waals surface area contributed by atoms with E-state index in [0.29, 0.717) is 17.7 Å². The number of pyridine rings is 1. The minimum atomic E-state index is -0.648. The number of benzene rings is 1. The van der Waals surface area contributed by atoms with Crippen LogP contribution in [0, 0.1) is 28.7 Å². The predicted molar refractivity (Wildman–Crippen MR) is 74.2 cm³/mol. The average Bonchev–Trinajstić information content (AvgIpc) is 2.37. The van der Waals surface area contributed by atoms with Crippen LogP contribution in [0.2, 0.25) is 0 Å². The highest BCUT2D eigenvalue weighted by Crippen LogP contribution is 2.21. The second kappa shape index (κ2) is 6.25. The lowest BCUT2D eigenvalue weighted by Crippen LogP contribution is -2.09. The molecule has 0 atom stereocenters. The van der Waals surface area contributed by atoms with Crippen LogP contribution >= 0.6 is 0 Å². The molecule has 1 aromatic heterocycles. The van der Waals surface area contributed by atoms with Gasteiger partial charge in [-0.25, -0.2) is 13.8 Å². The highest BCUT2D eigenvalue weighted by atomic mass is 19.1. The van der Waals surface area contributed by atoms with Gasteiger partial charge >= 0.3 is 5.69 Å². The molecule has 0 aliphatic heterocycles. The van der Waals surface area contributed by atoms with Crippen LogP contribution in [0.25, 0.3) is 0 Å². The van der Waals surface area contributed by atoms with Crippen LogP contribution in [0.4, 0.5) is 20.3 Å². The molecule has 0 aliphatic carbocycles. The lowest BCUT2D eigenvalue weighted by molar-refractivity contribution is -0.384. The summed E-state index contributed by atoms with van der Waals surface area (Å²) in [7, 11) is 0. The Morgan fingerprint density at radius 3 is 2.52 bits per heavy atom. The summed E-state index contributed by atoms with van der Waals surface area (Å²) in [5, 5.41) is 13.7. The molecule has 1 heterocycles. The third kappa shape index (κ3) is 3.95. The molecule has 0 saturated carbocycles. The molecule has 0 radical (unpaired) electrons. The minimum Gasteiger partial charge on any atom is -0.364 e. The molecule has 0 fully saturated rings. The molecule has 2 rings (SSSR count). The van der Waals surface area contributed by atoms with E-state index in [1.54, 1.807) is 13.0 Å². The molecule has 1 N–H and O–H groups in total. The van der Waals surface area contributed by atoms with E-state index in [1.165, 1.54) is 18.2 Å². The monoisotopic (exact) mass is 293 g/mol. The van der Waals surface area contributed by atoms with Crippen LogP contribution in [0.3, 0.4) is 0 Å². The van der Waals surface area contributed by atoms with E-state index < -0.39 is 16.6 Å². The van der Waals surface area contributed by atoms with Crippen molar-refractivity contribution in [1.82, 2.24) is 4.98 Å². The van der Waals surface area contributed by atoms with Crippen LogP contribution in [0.5, 0.6) is 0 Å². The van der Waals surface area contributed by atoms with Crippen molar-refractivity contribution in [2.24, 2.45) is 0 Å². The zero-order valence-electron chi connectivity index (χ0n) is 11.3.